The number of nitrogens with zero attached hydrogens (tertiary/aromatic N) is 3. The number of pyridine rings is 1. The second-order valence-corrected chi connectivity index (χ2v) is 11.9. The highest BCUT2D eigenvalue weighted by atomic mass is 79.9. The largest absolute Gasteiger partial charge is 0.393 e. The van der Waals surface area contributed by atoms with Gasteiger partial charge in [-0.15, -0.1) is 11.3 Å². The minimum atomic E-state index is -4.08. The second-order valence-electron chi connectivity index (χ2n) is 8.22. The van der Waals surface area contributed by atoms with E-state index in [0.29, 0.717) is 39.9 Å². The molecule has 5 N–H and O–H groups in total. The van der Waals surface area contributed by atoms with Crippen molar-refractivity contribution in [2.45, 2.75) is 37.5 Å². The Kier molecular flexibility index (Phi) is 8.38. The Labute approximate surface area is 219 Å². The first-order valence-corrected chi connectivity index (χ1v) is 14.0. The monoisotopic (exact) mass is 603 g/mol. The van der Waals surface area contributed by atoms with Crippen molar-refractivity contribution < 1.29 is 22.8 Å². The van der Waals surface area contributed by atoms with Crippen LogP contribution in [0.4, 0.5) is 5.82 Å². The highest BCUT2D eigenvalue weighted by Crippen LogP contribution is 2.38. The van der Waals surface area contributed by atoms with Crippen molar-refractivity contribution in [3.05, 3.63) is 67.4 Å². The summed E-state index contributed by atoms with van der Waals surface area (Å²) in [5, 5.41) is 29.6. The Bertz CT molecular complexity index is 1290. The van der Waals surface area contributed by atoms with Crippen molar-refractivity contribution in [1.29, 1.82) is 0 Å². The number of aromatic nitrogens is 3. The zero-order chi connectivity index (χ0) is 25.2. The lowest BCUT2D eigenvalue weighted by atomic mass is 10.1. The van der Waals surface area contributed by atoms with Gasteiger partial charge in [-0.25, -0.2) is 20.1 Å². The summed E-state index contributed by atoms with van der Waals surface area (Å²) in [6, 6.07) is 7.27. The number of halogens is 2. The van der Waals surface area contributed by atoms with E-state index < -0.39 is 28.4 Å². The molecule has 0 saturated heterocycles. The topological polar surface area (TPSA) is 161 Å². The number of aliphatic hydroxyl groups excluding tert-OH is 2. The molecule has 2 unspecified atom stereocenters. The summed E-state index contributed by atoms with van der Waals surface area (Å²) in [4.78, 5) is 13.4. The molecule has 0 bridgehead atoms. The Morgan fingerprint density at radius 3 is 2.91 bits per heavy atom. The van der Waals surface area contributed by atoms with Gasteiger partial charge in [0.15, 0.2) is 0 Å². The van der Waals surface area contributed by atoms with Gasteiger partial charge in [0.1, 0.15) is 22.9 Å². The van der Waals surface area contributed by atoms with Gasteiger partial charge in [0, 0.05) is 40.7 Å². The van der Waals surface area contributed by atoms with Gasteiger partial charge in [0.2, 0.25) is 0 Å². The maximum absolute atomic E-state index is 11.1. The molecule has 0 amide bonds. The molecular formula is C21H23BrClN5O5S2. The third-order valence-corrected chi connectivity index (χ3v) is 8.07. The summed E-state index contributed by atoms with van der Waals surface area (Å²) in [6.45, 7) is -0.208. The van der Waals surface area contributed by atoms with Crippen LogP contribution in [0.1, 0.15) is 40.6 Å². The van der Waals surface area contributed by atoms with Gasteiger partial charge in [-0.1, -0.05) is 17.7 Å². The standard InChI is InChI=1S/C21H23BrClN5O5S2/c22-18-3-1-2-13(27-18)4-11-6-17(34-20(11)23)19(30)15-8-25-10-26-21(15)28-14-5-12(16(29)7-14)9-33-35(24,31)32/h1-3,6,8,10,12,14,16,19,29-30H,4-5,7,9H2,(H2,24,31,32)(H,25,26,28)/t12?,14-,16+,19?/m1/s1. The Morgan fingerprint density at radius 1 is 1.37 bits per heavy atom. The van der Waals surface area contributed by atoms with E-state index in [1.54, 1.807) is 0 Å². The molecule has 0 aliphatic heterocycles. The predicted molar refractivity (Wildman–Crippen MR) is 135 cm³/mol. The number of thiophene rings is 1. The summed E-state index contributed by atoms with van der Waals surface area (Å²) >= 11 is 11.1. The average Bonchev–Trinajstić information content (AvgIpc) is 3.33. The van der Waals surface area contributed by atoms with Crippen LogP contribution in [0, 0.1) is 5.92 Å². The van der Waals surface area contributed by atoms with Crippen LogP contribution in [-0.2, 0) is 20.9 Å². The minimum Gasteiger partial charge on any atom is -0.393 e. The van der Waals surface area contributed by atoms with Crippen molar-refractivity contribution in [1.82, 2.24) is 15.0 Å². The van der Waals surface area contributed by atoms with Crippen LogP contribution >= 0.6 is 38.9 Å². The molecule has 4 rings (SSSR count). The molecule has 1 saturated carbocycles. The van der Waals surface area contributed by atoms with Crippen LogP contribution in [0.2, 0.25) is 4.34 Å². The van der Waals surface area contributed by atoms with Crippen LogP contribution in [0.5, 0.6) is 0 Å². The van der Waals surface area contributed by atoms with Crippen LogP contribution < -0.4 is 10.5 Å². The fourth-order valence-corrected chi connectivity index (χ4v) is 6.06. The van der Waals surface area contributed by atoms with E-state index in [-0.39, 0.29) is 12.6 Å². The fraction of sp³-hybridized carbons (Fsp3) is 0.381. The van der Waals surface area contributed by atoms with E-state index in [2.05, 4.69) is 40.4 Å². The fourth-order valence-electron chi connectivity index (χ4n) is 4.02. The lowest BCUT2D eigenvalue weighted by Gasteiger charge is -2.18. The number of hydrogen-bond donors (Lipinski definition) is 4. The molecule has 1 aliphatic rings. The molecule has 0 radical (unpaired) electrons. The lowest BCUT2D eigenvalue weighted by Crippen LogP contribution is -2.24. The van der Waals surface area contributed by atoms with Crippen LogP contribution in [-0.4, -0.2) is 52.3 Å². The summed E-state index contributed by atoms with van der Waals surface area (Å²) < 4.78 is 28.1. The first-order chi connectivity index (χ1) is 16.6. The molecule has 0 spiro atoms. The van der Waals surface area contributed by atoms with Gasteiger partial charge < -0.3 is 15.5 Å². The third-order valence-electron chi connectivity index (χ3n) is 5.67. The highest BCUT2D eigenvalue weighted by Gasteiger charge is 2.35. The van der Waals surface area contributed by atoms with Crippen molar-refractivity contribution in [3.8, 4) is 0 Å². The zero-order valence-corrected chi connectivity index (χ0v) is 22.2. The lowest BCUT2D eigenvalue weighted by molar-refractivity contribution is 0.101. The van der Waals surface area contributed by atoms with E-state index in [0.717, 1.165) is 15.9 Å². The van der Waals surface area contributed by atoms with Gasteiger partial charge in [0.25, 0.3) is 0 Å². The van der Waals surface area contributed by atoms with E-state index in [4.69, 9.17) is 16.7 Å². The van der Waals surface area contributed by atoms with Crippen molar-refractivity contribution in [3.63, 3.8) is 0 Å². The van der Waals surface area contributed by atoms with Gasteiger partial charge in [-0.05, 0) is 52.5 Å². The molecule has 35 heavy (non-hydrogen) atoms. The maximum atomic E-state index is 11.1. The molecule has 4 atom stereocenters. The van der Waals surface area contributed by atoms with Gasteiger partial charge in [-0.3, -0.25) is 4.18 Å². The molecule has 0 aromatic carbocycles. The second kappa shape index (κ2) is 11.1. The Morgan fingerprint density at radius 2 is 2.17 bits per heavy atom. The van der Waals surface area contributed by atoms with Crippen LogP contribution in [0.25, 0.3) is 0 Å². The van der Waals surface area contributed by atoms with E-state index in [1.807, 2.05) is 24.3 Å². The highest BCUT2D eigenvalue weighted by molar-refractivity contribution is 9.10. The van der Waals surface area contributed by atoms with Gasteiger partial charge in [-0.2, -0.15) is 8.42 Å². The van der Waals surface area contributed by atoms with Crippen molar-refractivity contribution in [2.75, 3.05) is 11.9 Å². The summed E-state index contributed by atoms with van der Waals surface area (Å²) in [6.07, 6.45) is 2.39. The number of anilines is 1. The average molecular weight is 605 g/mol. The molecule has 188 valence electrons. The summed E-state index contributed by atoms with van der Waals surface area (Å²) in [5.41, 5.74) is 2.14. The molecule has 14 heteroatoms. The smallest absolute Gasteiger partial charge is 0.333 e. The van der Waals surface area contributed by atoms with Crippen LogP contribution in [0.15, 0.2) is 41.4 Å². The van der Waals surface area contributed by atoms with Gasteiger partial charge in [0.05, 0.1) is 17.0 Å². The summed E-state index contributed by atoms with van der Waals surface area (Å²) in [5.74, 6) is 0.00349. The third kappa shape index (κ3) is 6.95. The van der Waals surface area contributed by atoms with Crippen molar-refractivity contribution >= 4 is 55.0 Å². The Hall–Kier alpha value is -1.71. The molecule has 3 heterocycles. The SMILES string of the molecule is NS(=O)(=O)OCC1C[C@@H](Nc2ncncc2C(O)c2cc(Cc3cccc(Br)n3)c(Cl)s2)C[C@@H]1O. The van der Waals surface area contributed by atoms with E-state index >= 15 is 0 Å². The number of aliphatic hydroxyl groups is 2. The van der Waals surface area contributed by atoms with Crippen molar-refractivity contribution in [2.24, 2.45) is 11.1 Å². The number of nitrogens with one attached hydrogen (secondary N) is 1. The van der Waals surface area contributed by atoms with E-state index in [1.165, 1.54) is 23.9 Å². The minimum absolute atomic E-state index is 0.208. The quantitative estimate of drug-likeness (QED) is 0.269. The molecule has 3 aromatic heterocycles. The number of nitrogens with two attached hydrogens (primary N) is 1. The first-order valence-electron chi connectivity index (χ1n) is 10.6. The molecule has 1 aliphatic carbocycles. The predicted octanol–water partition coefficient (Wildman–Crippen LogP) is 2.79. The Balaban J connectivity index is 1.47. The normalized spacial score (nSPS) is 21.2. The summed E-state index contributed by atoms with van der Waals surface area (Å²) in [7, 11) is -4.08. The first kappa shape index (κ1) is 26.4. The maximum Gasteiger partial charge on any atom is 0.333 e. The molecule has 1 fully saturated rings. The molecular weight excluding hydrogens is 582 g/mol. The molecule has 10 nitrogen and oxygen atoms in total. The van der Waals surface area contributed by atoms with E-state index in [9.17, 15) is 18.6 Å². The molecule has 3 aromatic rings. The zero-order valence-electron chi connectivity index (χ0n) is 18.2. The van der Waals surface area contributed by atoms with Crippen LogP contribution in [0.3, 0.4) is 0 Å². The number of rotatable bonds is 9. The van der Waals surface area contributed by atoms with Gasteiger partial charge >= 0.3 is 10.3 Å². The number of hydrogen-bond acceptors (Lipinski definition) is 10.